The molecule has 4 nitrogen and oxygen atoms in total. The molecule has 0 aliphatic rings. The van der Waals surface area contributed by atoms with Gasteiger partial charge in [0.25, 0.3) is 0 Å². The number of hydrogen-bond donors (Lipinski definition) is 3. The largest absolute Gasteiger partial charge is 0.481 e. The summed E-state index contributed by atoms with van der Waals surface area (Å²) in [5.41, 5.74) is 8.89. The number of aliphatic hydroxyl groups is 1. The highest BCUT2D eigenvalue weighted by Gasteiger charge is 2.17. The molecule has 3 rings (SSSR count). The summed E-state index contributed by atoms with van der Waals surface area (Å²) in [4.78, 5) is 10.4. The van der Waals surface area contributed by atoms with Crippen molar-refractivity contribution in [1.29, 1.82) is 0 Å². The van der Waals surface area contributed by atoms with E-state index in [1.807, 2.05) is 139 Å². The first kappa shape index (κ1) is 33.2. The average Bonchev–Trinajstić information content (AvgIpc) is 2.93. The van der Waals surface area contributed by atoms with Gasteiger partial charge >= 0.3 is 5.97 Å². The molecule has 3 unspecified atom stereocenters. The van der Waals surface area contributed by atoms with Crippen molar-refractivity contribution in [2.75, 3.05) is 0 Å². The fourth-order valence-corrected chi connectivity index (χ4v) is 2.88. The summed E-state index contributed by atoms with van der Waals surface area (Å²) in [6, 6.07) is 28.4. The van der Waals surface area contributed by atoms with Gasteiger partial charge in [-0.3, -0.25) is 4.79 Å². The van der Waals surface area contributed by atoms with Crippen molar-refractivity contribution < 1.29 is 15.0 Å². The van der Waals surface area contributed by atoms with E-state index in [0.29, 0.717) is 0 Å². The third kappa shape index (κ3) is 13.6. The molecule has 3 atom stereocenters. The number of aliphatic carboxylic acids is 1. The maximum absolute atomic E-state index is 10.4. The third-order valence-electron chi connectivity index (χ3n) is 4.52. The highest BCUT2D eigenvalue weighted by molar-refractivity contribution is 5.67. The quantitative estimate of drug-likeness (QED) is 0.346. The number of benzene rings is 3. The molecule has 0 aliphatic heterocycles. The van der Waals surface area contributed by atoms with Crippen LogP contribution in [0.1, 0.15) is 89.6 Å². The fraction of sp³-hybridized carbons (Fsp3) is 0.367. The second-order valence-corrected chi connectivity index (χ2v) is 6.70. The van der Waals surface area contributed by atoms with E-state index in [1.54, 1.807) is 0 Å². The number of carboxylic acid groups (broad SMARTS) is 1. The molecule has 0 amide bonds. The Morgan fingerprint density at radius 2 is 1.00 bits per heavy atom. The lowest BCUT2D eigenvalue weighted by molar-refractivity contribution is -0.137. The Morgan fingerprint density at radius 3 is 1.35 bits per heavy atom. The van der Waals surface area contributed by atoms with Crippen LogP contribution in [0.4, 0.5) is 0 Å². The smallest absolute Gasteiger partial charge is 0.303 e. The van der Waals surface area contributed by atoms with Gasteiger partial charge in [-0.2, -0.15) is 0 Å². The third-order valence-corrected chi connectivity index (χ3v) is 4.52. The first-order chi connectivity index (χ1) is 16.5. The fourth-order valence-electron chi connectivity index (χ4n) is 2.88. The zero-order chi connectivity index (χ0) is 26.4. The summed E-state index contributed by atoms with van der Waals surface area (Å²) in [6.07, 6.45) is -0.465. The number of aliphatic hydroxyl groups excluding tert-OH is 1. The summed E-state index contributed by atoms with van der Waals surface area (Å²) >= 11 is 0. The molecule has 0 bridgehead atoms. The Kier molecular flexibility index (Phi) is 21.4. The maximum Gasteiger partial charge on any atom is 0.303 e. The predicted octanol–water partition coefficient (Wildman–Crippen LogP) is 7.76. The number of carboxylic acids is 1. The van der Waals surface area contributed by atoms with Gasteiger partial charge in [0.1, 0.15) is 0 Å². The summed E-state index contributed by atoms with van der Waals surface area (Å²) in [5, 5.41) is 18.7. The molecule has 0 saturated carbocycles. The van der Waals surface area contributed by atoms with Gasteiger partial charge < -0.3 is 15.9 Å². The molecule has 4 heteroatoms. The van der Waals surface area contributed by atoms with E-state index in [9.17, 15) is 9.90 Å². The van der Waals surface area contributed by atoms with Crippen molar-refractivity contribution in [2.45, 2.75) is 73.0 Å². The number of carbonyl (C=O) groups is 1. The SMILES string of the molecule is CC.CC.CC.CC(CC(=O)O)c1ccccc1.NC(c1ccccc1)C(O)c1ccccc1. The molecule has 0 fully saturated rings. The van der Waals surface area contributed by atoms with Crippen molar-refractivity contribution in [3.8, 4) is 0 Å². The number of rotatable bonds is 6. The maximum atomic E-state index is 10.4. The minimum atomic E-state index is -0.744. The molecule has 0 spiro atoms. The normalized spacial score (nSPS) is 11.7. The zero-order valence-electron chi connectivity index (χ0n) is 22.0. The van der Waals surface area contributed by atoms with E-state index < -0.39 is 12.1 Å². The summed E-state index contributed by atoms with van der Waals surface area (Å²) in [7, 11) is 0. The van der Waals surface area contributed by atoms with Crippen LogP contribution in [0.2, 0.25) is 0 Å². The van der Waals surface area contributed by atoms with Crippen molar-refractivity contribution in [1.82, 2.24) is 0 Å². The molecule has 3 aromatic carbocycles. The lowest BCUT2D eigenvalue weighted by Crippen LogP contribution is -2.19. The Morgan fingerprint density at radius 1 is 0.676 bits per heavy atom. The summed E-state index contributed by atoms with van der Waals surface area (Å²) < 4.78 is 0. The van der Waals surface area contributed by atoms with Gasteiger partial charge in [0, 0.05) is 0 Å². The molecule has 0 aromatic heterocycles. The van der Waals surface area contributed by atoms with E-state index in [1.165, 1.54) is 0 Å². The van der Waals surface area contributed by atoms with Gasteiger partial charge in [-0.15, -0.1) is 0 Å². The van der Waals surface area contributed by atoms with Crippen LogP contribution in [0.3, 0.4) is 0 Å². The first-order valence-electron chi connectivity index (χ1n) is 12.3. The minimum absolute atomic E-state index is 0.101. The summed E-state index contributed by atoms with van der Waals surface area (Å²) in [6.45, 7) is 13.9. The molecule has 0 aliphatic carbocycles. The van der Waals surface area contributed by atoms with Crippen molar-refractivity contribution >= 4 is 5.97 Å². The Balaban J connectivity index is 0. The van der Waals surface area contributed by atoms with Crippen LogP contribution in [0.25, 0.3) is 0 Å². The van der Waals surface area contributed by atoms with E-state index in [4.69, 9.17) is 10.8 Å². The lowest BCUT2D eigenvalue weighted by Gasteiger charge is -2.19. The summed E-state index contributed by atoms with van der Waals surface area (Å²) in [5.74, 6) is -0.643. The van der Waals surface area contributed by atoms with Crippen LogP contribution in [-0.4, -0.2) is 16.2 Å². The first-order valence-corrected chi connectivity index (χ1v) is 12.3. The van der Waals surface area contributed by atoms with Crippen molar-refractivity contribution in [3.05, 3.63) is 108 Å². The van der Waals surface area contributed by atoms with E-state index in [2.05, 4.69) is 0 Å². The average molecular weight is 468 g/mol. The monoisotopic (exact) mass is 467 g/mol. The van der Waals surface area contributed by atoms with Crippen LogP contribution in [0, 0.1) is 0 Å². The van der Waals surface area contributed by atoms with Crippen molar-refractivity contribution in [2.24, 2.45) is 5.73 Å². The molecular formula is C30H45NO3. The van der Waals surface area contributed by atoms with E-state index in [-0.39, 0.29) is 18.4 Å². The van der Waals surface area contributed by atoms with Gasteiger partial charge in [-0.05, 0) is 22.6 Å². The van der Waals surface area contributed by atoms with Gasteiger partial charge in [0.05, 0.1) is 18.6 Å². The van der Waals surface area contributed by atoms with E-state index >= 15 is 0 Å². The highest BCUT2D eigenvalue weighted by atomic mass is 16.4. The molecular weight excluding hydrogens is 422 g/mol. The van der Waals surface area contributed by atoms with Crippen LogP contribution in [0.5, 0.6) is 0 Å². The van der Waals surface area contributed by atoms with Gasteiger partial charge in [0.15, 0.2) is 0 Å². The molecule has 0 radical (unpaired) electrons. The van der Waals surface area contributed by atoms with Crippen LogP contribution in [-0.2, 0) is 4.79 Å². The molecule has 188 valence electrons. The minimum Gasteiger partial charge on any atom is -0.481 e. The number of hydrogen-bond acceptors (Lipinski definition) is 3. The number of nitrogens with two attached hydrogens (primary N) is 1. The topological polar surface area (TPSA) is 83.5 Å². The molecule has 0 saturated heterocycles. The Bertz CT molecular complexity index is 780. The van der Waals surface area contributed by atoms with Crippen LogP contribution in [0.15, 0.2) is 91.0 Å². The Hall–Kier alpha value is -2.95. The van der Waals surface area contributed by atoms with Crippen LogP contribution < -0.4 is 5.73 Å². The second-order valence-electron chi connectivity index (χ2n) is 6.70. The van der Waals surface area contributed by atoms with Crippen LogP contribution >= 0.6 is 0 Å². The van der Waals surface area contributed by atoms with Gasteiger partial charge in [0.2, 0.25) is 0 Å². The lowest BCUT2D eigenvalue weighted by atomic mass is 9.97. The van der Waals surface area contributed by atoms with Gasteiger partial charge in [-0.1, -0.05) is 139 Å². The van der Waals surface area contributed by atoms with E-state index in [0.717, 1.165) is 16.7 Å². The zero-order valence-corrected chi connectivity index (χ0v) is 22.0. The second kappa shape index (κ2) is 21.9. The standard InChI is InChI=1S/C14H15NO.C10H12O2.3C2H6/c15-13(11-7-3-1-4-8-11)14(16)12-9-5-2-6-10-12;1-8(7-10(11)12)9-5-3-2-4-6-9;3*1-2/h1-10,13-14,16H,15H2;2-6,8H,7H2,1H3,(H,11,12);3*1-2H3. The van der Waals surface area contributed by atoms with Gasteiger partial charge in [-0.25, -0.2) is 0 Å². The molecule has 34 heavy (non-hydrogen) atoms. The Labute approximate surface area is 207 Å². The van der Waals surface area contributed by atoms with Crippen molar-refractivity contribution in [3.63, 3.8) is 0 Å². The molecule has 3 aromatic rings. The molecule has 4 N–H and O–H groups in total. The highest BCUT2D eigenvalue weighted by Crippen LogP contribution is 2.26. The predicted molar refractivity (Wildman–Crippen MR) is 146 cm³/mol. The molecule has 0 heterocycles.